The summed E-state index contributed by atoms with van der Waals surface area (Å²) in [5, 5.41) is 4.08. The van der Waals surface area contributed by atoms with Gasteiger partial charge in [-0.3, -0.25) is 9.69 Å². The predicted octanol–water partition coefficient (Wildman–Crippen LogP) is 1.63. The van der Waals surface area contributed by atoms with Gasteiger partial charge in [0.05, 0.1) is 39.3 Å². The van der Waals surface area contributed by atoms with Gasteiger partial charge in [-0.2, -0.15) is 11.3 Å². The van der Waals surface area contributed by atoms with Crippen LogP contribution in [-0.2, 0) is 20.7 Å². The lowest BCUT2D eigenvalue weighted by Crippen LogP contribution is -2.66. The van der Waals surface area contributed by atoms with Gasteiger partial charge in [0.1, 0.15) is 5.60 Å². The Balaban J connectivity index is 1.20. The Morgan fingerprint density at radius 3 is 2.83 bits per heavy atom. The second kappa shape index (κ2) is 7.12. The molecule has 1 spiro atoms. The zero-order valence-electron chi connectivity index (χ0n) is 14.1. The van der Waals surface area contributed by atoms with Crippen LogP contribution in [0.3, 0.4) is 0 Å². The van der Waals surface area contributed by atoms with E-state index in [0.29, 0.717) is 12.3 Å². The van der Waals surface area contributed by atoms with Gasteiger partial charge < -0.3 is 14.4 Å². The Labute approximate surface area is 147 Å². The average Bonchev–Trinajstić information content (AvgIpc) is 3.07. The highest BCUT2D eigenvalue weighted by Gasteiger charge is 2.48. The first kappa shape index (κ1) is 16.5. The van der Waals surface area contributed by atoms with E-state index >= 15 is 0 Å². The first-order chi connectivity index (χ1) is 11.7. The number of carbonyl (C=O) groups excluding carboxylic acids is 1. The molecular formula is C18H26N2O3S. The minimum absolute atomic E-state index is 0.0498. The molecule has 4 rings (SSSR count). The number of thiophene rings is 1. The molecule has 0 N–H and O–H groups in total. The van der Waals surface area contributed by atoms with Gasteiger partial charge in [0.25, 0.3) is 0 Å². The molecule has 132 valence electrons. The zero-order valence-corrected chi connectivity index (χ0v) is 14.9. The second-order valence-electron chi connectivity index (χ2n) is 7.37. The minimum atomic E-state index is -0.0498. The van der Waals surface area contributed by atoms with Crippen molar-refractivity contribution in [3.05, 3.63) is 22.4 Å². The molecule has 1 aromatic rings. The van der Waals surface area contributed by atoms with Crippen molar-refractivity contribution >= 4 is 17.2 Å². The fourth-order valence-corrected chi connectivity index (χ4v) is 4.63. The van der Waals surface area contributed by atoms with Crippen LogP contribution >= 0.6 is 11.3 Å². The Morgan fingerprint density at radius 1 is 1.33 bits per heavy atom. The molecule has 3 aliphatic heterocycles. The number of rotatable bonds is 4. The molecule has 0 bridgehead atoms. The molecule has 1 atom stereocenters. The fourth-order valence-electron chi connectivity index (χ4n) is 3.96. The molecule has 3 fully saturated rings. The van der Waals surface area contributed by atoms with E-state index in [2.05, 4.69) is 10.3 Å². The van der Waals surface area contributed by atoms with E-state index in [1.165, 1.54) is 6.42 Å². The molecule has 6 heteroatoms. The van der Waals surface area contributed by atoms with Crippen molar-refractivity contribution in [2.24, 2.45) is 5.92 Å². The maximum Gasteiger partial charge on any atom is 0.227 e. The number of morpholine rings is 1. The first-order valence-electron chi connectivity index (χ1n) is 8.95. The monoisotopic (exact) mass is 350 g/mol. The number of hydrogen-bond acceptors (Lipinski definition) is 5. The normalized spacial score (nSPS) is 27.2. The van der Waals surface area contributed by atoms with Crippen molar-refractivity contribution in [1.29, 1.82) is 0 Å². The van der Waals surface area contributed by atoms with Crippen LogP contribution in [0.15, 0.2) is 16.8 Å². The quantitative estimate of drug-likeness (QED) is 0.828. The third-order valence-electron chi connectivity index (χ3n) is 5.50. The van der Waals surface area contributed by atoms with E-state index in [1.807, 2.05) is 16.3 Å². The second-order valence-corrected chi connectivity index (χ2v) is 8.15. The molecule has 0 aliphatic carbocycles. The maximum absolute atomic E-state index is 12.3. The number of carbonyl (C=O) groups is 1. The van der Waals surface area contributed by atoms with Crippen LogP contribution in [-0.4, -0.2) is 73.9 Å². The van der Waals surface area contributed by atoms with Gasteiger partial charge in [-0.25, -0.2) is 0 Å². The number of nitrogens with zero attached hydrogens (tertiary/aromatic N) is 2. The number of likely N-dealkylation sites (tertiary alicyclic amines) is 1. The number of ether oxygens (including phenoxy) is 2. The lowest BCUT2D eigenvalue weighted by molar-refractivity contribution is -0.189. The third kappa shape index (κ3) is 3.67. The largest absolute Gasteiger partial charge is 0.379 e. The summed E-state index contributed by atoms with van der Waals surface area (Å²) in [4.78, 5) is 16.8. The van der Waals surface area contributed by atoms with Gasteiger partial charge in [-0.05, 0) is 41.1 Å². The molecule has 1 unspecified atom stereocenters. The highest BCUT2D eigenvalue weighted by Crippen LogP contribution is 2.36. The van der Waals surface area contributed by atoms with Crippen LogP contribution in [0.2, 0.25) is 0 Å². The molecule has 1 amide bonds. The molecule has 0 saturated carbocycles. The minimum Gasteiger partial charge on any atom is -0.379 e. The highest BCUT2D eigenvalue weighted by molar-refractivity contribution is 7.07. The van der Waals surface area contributed by atoms with Crippen LogP contribution in [0, 0.1) is 5.92 Å². The zero-order chi connectivity index (χ0) is 16.4. The van der Waals surface area contributed by atoms with Crippen LogP contribution in [0.1, 0.15) is 18.4 Å². The summed E-state index contributed by atoms with van der Waals surface area (Å²) >= 11 is 1.65. The van der Waals surface area contributed by atoms with Crippen LogP contribution in [0.4, 0.5) is 0 Å². The Bertz CT molecular complexity index is 541. The molecule has 5 nitrogen and oxygen atoms in total. The van der Waals surface area contributed by atoms with Crippen molar-refractivity contribution < 1.29 is 14.3 Å². The van der Waals surface area contributed by atoms with E-state index in [-0.39, 0.29) is 11.5 Å². The van der Waals surface area contributed by atoms with Crippen LogP contribution < -0.4 is 0 Å². The van der Waals surface area contributed by atoms with Gasteiger partial charge >= 0.3 is 0 Å². The third-order valence-corrected chi connectivity index (χ3v) is 6.23. The summed E-state index contributed by atoms with van der Waals surface area (Å²) < 4.78 is 11.6. The Kier molecular flexibility index (Phi) is 4.90. The van der Waals surface area contributed by atoms with Crippen molar-refractivity contribution in [2.45, 2.75) is 24.9 Å². The molecule has 3 saturated heterocycles. The summed E-state index contributed by atoms with van der Waals surface area (Å²) in [6.45, 7) is 7.33. The van der Waals surface area contributed by atoms with E-state index in [4.69, 9.17) is 9.47 Å². The van der Waals surface area contributed by atoms with Crippen molar-refractivity contribution in [1.82, 2.24) is 9.80 Å². The van der Waals surface area contributed by atoms with Gasteiger partial charge in [0.2, 0.25) is 5.91 Å². The molecule has 4 heterocycles. The van der Waals surface area contributed by atoms with Crippen molar-refractivity contribution in [3.63, 3.8) is 0 Å². The number of amides is 1. The summed E-state index contributed by atoms with van der Waals surface area (Å²) in [7, 11) is 0. The van der Waals surface area contributed by atoms with Gasteiger partial charge in [-0.15, -0.1) is 0 Å². The number of hydrogen-bond donors (Lipinski definition) is 0. The maximum atomic E-state index is 12.3. The predicted molar refractivity (Wildman–Crippen MR) is 93.3 cm³/mol. The highest BCUT2D eigenvalue weighted by atomic mass is 32.1. The van der Waals surface area contributed by atoms with Crippen LogP contribution in [0.25, 0.3) is 0 Å². The molecule has 0 radical (unpaired) electrons. The SMILES string of the molecule is O=C(Cc1ccsc1)N1CC2(CCC(CN3CCOCC3)CO2)C1. The van der Waals surface area contributed by atoms with E-state index < -0.39 is 0 Å². The first-order valence-corrected chi connectivity index (χ1v) is 9.90. The Morgan fingerprint density at radius 2 is 2.17 bits per heavy atom. The molecule has 24 heavy (non-hydrogen) atoms. The molecule has 1 aromatic heterocycles. The fraction of sp³-hybridized carbons (Fsp3) is 0.722. The van der Waals surface area contributed by atoms with Crippen LogP contribution in [0.5, 0.6) is 0 Å². The molecule has 3 aliphatic rings. The van der Waals surface area contributed by atoms with Crippen molar-refractivity contribution in [3.8, 4) is 0 Å². The Hall–Kier alpha value is -0.950. The average molecular weight is 350 g/mol. The lowest BCUT2D eigenvalue weighted by Gasteiger charge is -2.53. The molecule has 0 aromatic carbocycles. The van der Waals surface area contributed by atoms with Gasteiger partial charge in [0, 0.05) is 19.6 Å². The van der Waals surface area contributed by atoms with Crippen molar-refractivity contribution in [2.75, 3.05) is 52.5 Å². The topological polar surface area (TPSA) is 42.0 Å². The van der Waals surface area contributed by atoms with Gasteiger partial charge in [-0.1, -0.05) is 0 Å². The van der Waals surface area contributed by atoms with E-state index in [1.54, 1.807) is 11.3 Å². The smallest absolute Gasteiger partial charge is 0.227 e. The van der Waals surface area contributed by atoms with Gasteiger partial charge in [0.15, 0.2) is 0 Å². The standard InChI is InChI=1S/C18H26N2O3S/c21-17(9-15-2-8-24-12-15)20-13-18(14-20)3-1-16(11-23-18)10-19-4-6-22-7-5-19/h2,8,12,16H,1,3-7,9-11,13-14H2. The summed E-state index contributed by atoms with van der Waals surface area (Å²) in [5.41, 5.74) is 1.08. The summed E-state index contributed by atoms with van der Waals surface area (Å²) in [5.74, 6) is 0.863. The summed E-state index contributed by atoms with van der Waals surface area (Å²) in [6, 6.07) is 2.03. The van der Waals surface area contributed by atoms with E-state index in [0.717, 1.165) is 64.5 Å². The molecular weight excluding hydrogens is 324 g/mol. The lowest BCUT2D eigenvalue weighted by atomic mass is 9.82. The summed E-state index contributed by atoms with van der Waals surface area (Å²) in [6.07, 6.45) is 2.83. The van der Waals surface area contributed by atoms with E-state index in [9.17, 15) is 4.79 Å².